The lowest BCUT2D eigenvalue weighted by Crippen LogP contribution is -2.31. The van der Waals surface area contributed by atoms with Crippen LogP contribution in [0.3, 0.4) is 0 Å². The third-order valence-corrected chi connectivity index (χ3v) is 3.78. The number of hydrogen-bond donors (Lipinski definition) is 1. The minimum Gasteiger partial charge on any atom is -0.459 e. The van der Waals surface area contributed by atoms with Gasteiger partial charge in [0.15, 0.2) is 5.76 Å². The van der Waals surface area contributed by atoms with E-state index in [-0.39, 0.29) is 11.7 Å². The number of carbonyl (C=O) groups is 2. The Morgan fingerprint density at radius 1 is 0.960 bits per heavy atom. The van der Waals surface area contributed by atoms with Gasteiger partial charge in [0.25, 0.3) is 11.8 Å². The highest BCUT2D eigenvalue weighted by Gasteiger charge is 2.20. The lowest BCUT2D eigenvalue weighted by Gasteiger charge is -2.22. The number of carbonyl (C=O) groups excluding carboxylic acids is 2. The Morgan fingerprint density at radius 2 is 1.68 bits per heavy atom. The van der Waals surface area contributed by atoms with Gasteiger partial charge in [-0.25, -0.2) is 0 Å². The van der Waals surface area contributed by atoms with E-state index in [1.807, 2.05) is 37.3 Å². The third-order valence-electron chi connectivity index (χ3n) is 3.78. The predicted octanol–water partition coefficient (Wildman–Crippen LogP) is 4.20. The molecule has 0 radical (unpaired) electrons. The summed E-state index contributed by atoms with van der Waals surface area (Å²) in [5, 5.41) is 2.74. The zero-order valence-electron chi connectivity index (χ0n) is 13.8. The van der Waals surface area contributed by atoms with Crippen LogP contribution in [0.15, 0.2) is 77.4 Å². The molecule has 0 saturated heterocycles. The SMILES string of the molecule is CCN(C(=O)c1ccccc1NC(=O)c1ccco1)c1ccccc1. The first-order valence-electron chi connectivity index (χ1n) is 8.01. The molecule has 0 unspecified atom stereocenters. The Hall–Kier alpha value is -3.34. The van der Waals surface area contributed by atoms with Crippen molar-refractivity contribution >= 4 is 23.2 Å². The van der Waals surface area contributed by atoms with Crippen molar-refractivity contribution in [2.24, 2.45) is 0 Å². The summed E-state index contributed by atoms with van der Waals surface area (Å²) < 4.78 is 5.10. The van der Waals surface area contributed by atoms with E-state index in [0.29, 0.717) is 17.8 Å². The third kappa shape index (κ3) is 3.61. The van der Waals surface area contributed by atoms with Crippen molar-refractivity contribution in [2.75, 3.05) is 16.8 Å². The molecule has 0 aliphatic rings. The number of benzene rings is 2. The molecule has 1 aromatic heterocycles. The van der Waals surface area contributed by atoms with Gasteiger partial charge in [-0.05, 0) is 43.3 Å². The molecule has 1 N–H and O–H groups in total. The summed E-state index contributed by atoms with van der Waals surface area (Å²) in [5.74, 6) is -0.380. The van der Waals surface area contributed by atoms with E-state index < -0.39 is 5.91 Å². The minimum absolute atomic E-state index is 0.177. The minimum atomic E-state index is -0.395. The van der Waals surface area contributed by atoms with E-state index in [2.05, 4.69) is 5.32 Å². The molecule has 1 heterocycles. The van der Waals surface area contributed by atoms with Gasteiger partial charge in [-0.2, -0.15) is 0 Å². The summed E-state index contributed by atoms with van der Waals surface area (Å²) in [6, 6.07) is 19.6. The maximum atomic E-state index is 13.0. The molecular weight excluding hydrogens is 316 g/mol. The van der Waals surface area contributed by atoms with Crippen molar-refractivity contribution in [3.05, 3.63) is 84.3 Å². The van der Waals surface area contributed by atoms with Gasteiger partial charge >= 0.3 is 0 Å². The van der Waals surface area contributed by atoms with Crippen LogP contribution in [0, 0.1) is 0 Å². The van der Waals surface area contributed by atoms with Crippen LogP contribution in [0.25, 0.3) is 0 Å². The number of nitrogens with zero attached hydrogens (tertiary/aromatic N) is 1. The second-order valence-electron chi connectivity index (χ2n) is 5.36. The van der Waals surface area contributed by atoms with Gasteiger partial charge in [0.2, 0.25) is 0 Å². The highest BCUT2D eigenvalue weighted by molar-refractivity contribution is 6.12. The molecule has 0 fully saturated rings. The number of rotatable bonds is 5. The topological polar surface area (TPSA) is 62.6 Å². The van der Waals surface area contributed by atoms with Gasteiger partial charge < -0.3 is 14.6 Å². The van der Waals surface area contributed by atoms with E-state index >= 15 is 0 Å². The van der Waals surface area contributed by atoms with Crippen LogP contribution in [0.1, 0.15) is 27.8 Å². The average molecular weight is 334 g/mol. The fraction of sp³-hybridized carbons (Fsp3) is 0.100. The smallest absolute Gasteiger partial charge is 0.291 e. The summed E-state index contributed by atoms with van der Waals surface area (Å²) in [4.78, 5) is 26.9. The van der Waals surface area contributed by atoms with Crippen molar-refractivity contribution in [2.45, 2.75) is 6.92 Å². The fourth-order valence-electron chi connectivity index (χ4n) is 2.57. The lowest BCUT2D eigenvalue weighted by molar-refractivity contribution is 0.0989. The van der Waals surface area contributed by atoms with Crippen molar-refractivity contribution in [1.29, 1.82) is 0 Å². The van der Waals surface area contributed by atoms with Gasteiger partial charge in [0.05, 0.1) is 17.5 Å². The molecule has 0 aliphatic heterocycles. The van der Waals surface area contributed by atoms with E-state index in [0.717, 1.165) is 5.69 Å². The number of hydrogen-bond acceptors (Lipinski definition) is 3. The molecule has 2 amide bonds. The Bertz CT molecular complexity index is 858. The highest BCUT2D eigenvalue weighted by Crippen LogP contribution is 2.22. The Balaban J connectivity index is 1.89. The second-order valence-corrected chi connectivity index (χ2v) is 5.36. The first-order valence-corrected chi connectivity index (χ1v) is 8.01. The molecule has 3 aromatic rings. The van der Waals surface area contributed by atoms with E-state index in [4.69, 9.17) is 4.42 Å². The number of amides is 2. The maximum absolute atomic E-state index is 13.0. The monoisotopic (exact) mass is 334 g/mol. The van der Waals surface area contributed by atoms with E-state index in [1.165, 1.54) is 6.26 Å². The molecular formula is C20H18N2O3. The predicted molar refractivity (Wildman–Crippen MR) is 96.9 cm³/mol. The molecule has 0 atom stereocenters. The molecule has 2 aromatic carbocycles. The van der Waals surface area contributed by atoms with Crippen LogP contribution < -0.4 is 10.2 Å². The van der Waals surface area contributed by atoms with Crippen LogP contribution in [0.2, 0.25) is 0 Å². The molecule has 126 valence electrons. The Morgan fingerprint density at radius 3 is 2.36 bits per heavy atom. The molecule has 5 nitrogen and oxygen atoms in total. The van der Waals surface area contributed by atoms with Gasteiger partial charge in [-0.15, -0.1) is 0 Å². The van der Waals surface area contributed by atoms with E-state index in [1.54, 1.807) is 41.3 Å². The Labute approximate surface area is 145 Å². The molecule has 0 saturated carbocycles. The summed E-state index contributed by atoms with van der Waals surface area (Å²) in [6.45, 7) is 2.43. The Kier molecular flexibility index (Phi) is 4.95. The molecule has 0 aliphatic carbocycles. The normalized spacial score (nSPS) is 10.3. The number of anilines is 2. The van der Waals surface area contributed by atoms with Gasteiger partial charge in [0, 0.05) is 12.2 Å². The van der Waals surface area contributed by atoms with Gasteiger partial charge in [0.1, 0.15) is 0 Å². The highest BCUT2D eigenvalue weighted by atomic mass is 16.3. The van der Waals surface area contributed by atoms with E-state index in [9.17, 15) is 9.59 Å². The first kappa shape index (κ1) is 16.5. The molecule has 0 bridgehead atoms. The molecule has 25 heavy (non-hydrogen) atoms. The molecule has 0 spiro atoms. The average Bonchev–Trinajstić information content (AvgIpc) is 3.18. The number of nitrogens with one attached hydrogen (secondary N) is 1. The van der Waals surface area contributed by atoms with Crippen LogP contribution >= 0.6 is 0 Å². The number of furan rings is 1. The van der Waals surface area contributed by atoms with Crippen LogP contribution in [-0.2, 0) is 0 Å². The summed E-state index contributed by atoms with van der Waals surface area (Å²) in [5.41, 5.74) is 1.68. The van der Waals surface area contributed by atoms with Crippen LogP contribution in [0.5, 0.6) is 0 Å². The summed E-state index contributed by atoms with van der Waals surface area (Å²) in [7, 11) is 0. The van der Waals surface area contributed by atoms with Crippen molar-refractivity contribution < 1.29 is 14.0 Å². The second kappa shape index (κ2) is 7.49. The van der Waals surface area contributed by atoms with Gasteiger partial charge in [-0.1, -0.05) is 30.3 Å². The lowest BCUT2D eigenvalue weighted by atomic mass is 10.1. The van der Waals surface area contributed by atoms with Crippen LogP contribution in [-0.4, -0.2) is 18.4 Å². The zero-order chi connectivity index (χ0) is 17.6. The zero-order valence-corrected chi connectivity index (χ0v) is 13.8. The number of para-hydroxylation sites is 2. The summed E-state index contributed by atoms with van der Waals surface area (Å²) in [6.07, 6.45) is 1.43. The maximum Gasteiger partial charge on any atom is 0.291 e. The van der Waals surface area contributed by atoms with Crippen LogP contribution in [0.4, 0.5) is 11.4 Å². The molecule has 3 rings (SSSR count). The fourth-order valence-corrected chi connectivity index (χ4v) is 2.57. The summed E-state index contributed by atoms with van der Waals surface area (Å²) >= 11 is 0. The van der Waals surface area contributed by atoms with Gasteiger partial charge in [-0.3, -0.25) is 9.59 Å². The standard InChI is InChI=1S/C20H18N2O3/c1-2-22(15-9-4-3-5-10-15)20(24)16-11-6-7-12-17(16)21-19(23)18-13-8-14-25-18/h3-14H,2H2,1H3,(H,21,23). The largest absolute Gasteiger partial charge is 0.459 e. The first-order chi connectivity index (χ1) is 12.2. The van der Waals surface area contributed by atoms with Crippen molar-refractivity contribution in [3.63, 3.8) is 0 Å². The van der Waals surface area contributed by atoms with Crippen molar-refractivity contribution in [3.8, 4) is 0 Å². The quantitative estimate of drug-likeness (QED) is 0.760. The molecule has 5 heteroatoms. The van der Waals surface area contributed by atoms with Crippen molar-refractivity contribution in [1.82, 2.24) is 0 Å².